The predicted octanol–water partition coefficient (Wildman–Crippen LogP) is -0.131. The van der Waals surface area contributed by atoms with Crippen LogP contribution < -0.4 is 21.5 Å². The monoisotopic (exact) mass is 358 g/mol. The van der Waals surface area contributed by atoms with Gasteiger partial charge < -0.3 is 21.7 Å². The first-order valence-corrected chi connectivity index (χ1v) is 7.60. The number of rotatable bonds is 11. The minimum atomic E-state index is -0.325. The Kier molecular flexibility index (Phi) is 12.0. The molecule has 0 aliphatic heterocycles. The van der Waals surface area contributed by atoms with Crippen molar-refractivity contribution < 1.29 is 31.1 Å². The molecule has 0 saturated carbocycles. The molecule has 1 aromatic heterocycles. The Morgan fingerprint density at radius 2 is 2.05 bits per heavy atom. The van der Waals surface area contributed by atoms with Crippen molar-refractivity contribution in [2.75, 3.05) is 6.61 Å². The van der Waals surface area contributed by atoms with Crippen molar-refractivity contribution in [1.82, 2.24) is 4.57 Å². The van der Waals surface area contributed by atoms with Crippen molar-refractivity contribution in [2.24, 2.45) is 0 Å². The van der Waals surface area contributed by atoms with E-state index >= 15 is 0 Å². The van der Waals surface area contributed by atoms with E-state index in [4.69, 9.17) is 4.74 Å². The summed E-state index contributed by atoms with van der Waals surface area (Å²) in [4.78, 5) is 10.8. The number of nitrogens with zero attached hydrogens (tertiary/aromatic N) is 2. The number of carbonyl (C=O) groups excluding carboxylic acids is 1. The molecule has 0 N–H and O–H groups in total. The van der Waals surface area contributed by atoms with Crippen molar-refractivity contribution in [3.63, 3.8) is 0 Å². The molecule has 0 saturated heterocycles. The molecule has 5 heteroatoms. The molecule has 4 nitrogen and oxygen atoms in total. The SMILES string of the molecule is C=CC(=O)OCCCCCC[n+]1ccn(CCCC)c1.[Br-]. The van der Waals surface area contributed by atoms with Crippen molar-refractivity contribution in [2.45, 2.75) is 58.5 Å². The topological polar surface area (TPSA) is 35.1 Å². The molecule has 0 aliphatic rings. The van der Waals surface area contributed by atoms with Crippen LogP contribution in [0.2, 0.25) is 0 Å². The van der Waals surface area contributed by atoms with Crippen molar-refractivity contribution >= 4 is 5.97 Å². The molecule has 0 atom stereocenters. The first-order valence-electron chi connectivity index (χ1n) is 7.60. The van der Waals surface area contributed by atoms with Gasteiger partial charge in [-0.1, -0.05) is 19.9 Å². The van der Waals surface area contributed by atoms with Gasteiger partial charge in [0, 0.05) is 6.08 Å². The van der Waals surface area contributed by atoms with Crippen LogP contribution in [0, 0.1) is 0 Å². The fraction of sp³-hybridized carbons (Fsp3) is 0.625. The van der Waals surface area contributed by atoms with Gasteiger partial charge in [-0.05, 0) is 32.1 Å². The van der Waals surface area contributed by atoms with Gasteiger partial charge in [-0.25, -0.2) is 13.9 Å². The lowest BCUT2D eigenvalue weighted by atomic mass is 10.2. The zero-order valence-corrected chi connectivity index (χ0v) is 14.6. The molecule has 0 bridgehead atoms. The fourth-order valence-corrected chi connectivity index (χ4v) is 2.03. The summed E-state index contributed by atoms with van der Waals surface area (Å²) >= 11 is 0. The van der Waals surface area contributed by atoms with Crippen molar-refractivity contribution in [1.29, 1.82) is 0 Å². The largest absolute Gasteiger partial charge is 1.00 e. The van der Waals surface area contributed by atoms with Gasteiger partial charge in [-0.3, -0.25) is 0 Å². The summed E-state index contributed by atoms with van der Waals surface area (Å²) in [6, 6.07) is 0. The molecule has 0 fully saturated rings. The van der Waals surface area contributed by atoms with Gasteiger partial charge in [0.05, 0.1) is 19.7 Å². The Morgan fingerprint density at radius 3 is 2.76 bits per heavy atom. The minimum Gasteiger partial charge on any atom is -1.00 e. The molecule has 0 unspecified atom stereocenters. The highest BCUT2D eigenvalue weighted by molar-refractivity contribution is 5.81. The first-order chi connectivity index (χ1) is 9.76. The third-order valence-electron chi connectivity index (χ3n) is 3.24. The van der Waals surface area contributed by atoms with Gasteiger partial charge in [0.1, 0.15) is 12.4 Å². The maximum atomic E-state index is 10.8. The summed E-state index contributed by atoms with van der Waals surface area (Å²) in [7, 11) is 0. The predicted molar refractivity (Wildman–Crippen MR) is 79.2 cm³/mol. The normalized spacial score (nSPS) is 9.95. The van der Waals surface area contributed by atoms with E-state index in [-0.39, 0.29) is 23.0 Å². The van der Waals surface area contributed by atoms with Gasteiger partial charge >= 0.3 is 5.97 Å². The van der Waals surface area contributed by atoms with Crippen LogP contribution >= 0.6 is 0 Å². The molecule has 1 heterocycles. The molecule has 1 rings (SSSR count). The number of halogens is 1. The summed E-state index contributed by atoms with van der Waals surface area (Å²) < 4.78 is 9.42. The second-order valence-electron chi connectivity index (χ2n) is 5.03. The highest BCUT2D eigenvalue weighted by atomic mass is 79.9. The number of aryl methyl sites for hydroxylation is 2. The molecular weight excluding hydrogens is 332 g/mol. The Labute approximate surface area is 138 Å². The number of ether oxygens (including phenoxy) is 1. The van der Waals surface area contributed by atoms with Gasteiger partial charge in [-0.15, -0.1) is 0 Å². The summed E-state index contributed by atoms with van der Waals surface area (Å²) in [6.45, 7) is 8.25. The van der Waals surface area contributed by atoms with E-state index in [1.54, 1.807) is 0 Å². The van der Waals surface area contributed by atoms with Gasteiger partial charge in [0.15, 0.2) is 0 Å². The first kappa shape index (κ1) is 19.9. The number of hydrogen-bond donors (Lipinski definition) is 0. The van der Waals surface area contributed by atoms with Crippen LogP contribution in [0.4, 0.5) is 0 Å². The van der Waals surface area contributed by atoms with E-state index < -0.39 is 0 Å². The minimum absolute atomic E-state index is 0. The van der Waals surface area contributed by atoms with Crippen LogP contribution in [0.25, 0.3) is 0 Å². The Bertz CT molecular complexity index is 405. The lowest BCUT2D eigenvalue weighted by Crippen LogP contribution is -3.00. The molecule has 0 amide bonds. The van der Waals surface area contributed by atoms with E-state index in [9.17, 15) is 4.79 Å². The average molecular weight is 359 g/mol. The molecular formula is C16H27BrN2O2. The molecule has 120 valence electrons. The van der Waals surface area contributed by atoms with Crippen molar-refractivity contribution in [3.8, 4) is 0 Å². The van der Waals surface area contributed by atoms with E-state index in [0.717, 1.165) is 32.4 Å². The van der Waals surface area contributed by atoms with E-state index in [1.807, 2.05) is 0 Å². The Balaban J connectivity index is 0.00000400. The van der Waals surface area contributed by atoms with Crippen LogP contribution in [-0.4, -0.2) is 17.1 Å². The third-order valence-corrected chi connectivity index (χ3v) is 3.24. The van der Waals surface area contributed by atoms with Crippen LogP contribution in [0.5, 0.6) is 0 Å². The fourth-order valence-electron chi connectivity index (χ4n) is 2.03. The molecule has 21 heavy (non-hydrogen) atoms. The van der Waals surface area contributed by atoms with Gasteiger partial charge in [-0.2, -0.15) is 0 Å². The number of unbranched alkanes of at least 4 members (excludes halogenated alkanes) is 4. The van der Waals surface area contributed by atoms with E-state index in [1.165, 1.54) is 25.3 Å². The lowest BCUT2D eigenvalue weighted by Gasteiger charge is -2.01. The average Bonchev–Trinajstić information content (AvgIpc) is 2.91. The number of imidazole rings is 1. The summed E-state index contributed by atoms with van der Waals surface area (Å²) in [5.74, 6) is -0.325. The van der Waals surface area contributed by atoms with Gasteiger partial charge in [0.25, 0.3) is 0 Å². The standard InChI is InChI=1S/C16H27N2O2.BrH/c1-3-5-10-17-12-13-18(15-17)11-8-6-7-9-14-20-16(19)4-2;/h4,12-13,15H,2-3,5-11,14H2,1H3;1H/q+1;/p-1. The highest BCUT2D eigenvalue weighted by Crippen LogP contribution is 2.01. The number of hydrogen-bond acceptors (Lipinski definition) is 2. The Morgan fingerprint density at radius 1 is 1.29 bits per heavy atom. The number of carbonyl (C=O) groups is 1. The highest BCUT2D eigenvalue weighted by Gasteiger charge is 2.02. The smallest absolute Gasteiger partial charge is 0.330 e. The Hall–Kier alpha value is -1.10. The zero-order valence-electron chi connectivity index (χ0n) is 13.0. The maximum absolute atomic E-state index is 10.8. The second kappa shape index (κ2) is 12.6. The van der Waals surface area contributed by atoms with Crippen LogP contribution in [0.1, 0.15) is 45.4 Å². The van der Waals surface area contributed by atoms with Gasteiger partial charge in [0.2, 0.25) is 6.33 Å². The van der Waals surface area contributed by atoms with E-state index in [2.05, 4.69) is 41.4 Å². The maximum Gasteiger partial charge on any atom is 0.330 e. The number of esters is 1. The third kappa shape index (κ3) is 9.45. The summed E-state index contributed by atoms with van der Waals surface area (Å²) in [6.07, 6.45) is 14.5. The van der Waals surface area contributed by atoms with Crippen LogP contribution in [-0.2, 0) is 22.6 Å². The lowest BCUT2D eigenvalue weighted by molar-refractivity contribution is -0.696. The molecule has 0 aromatic carbocycles. The quantitative estimate of drug-likeness (QED) is 0.239. The molecule has 1 aromatic rings. The van der Waals surface area contributed by atoms with Crippen LogP contribution in [0.15, 0.2) is 31.4 Å². The number of aromatic nitrogens is 2. The van der Waals surface area contributed by atoms with E-state index in [0.29, 0.717) is 6.61 Å². The second-order valence-corrected chi connectivity index (χ2v) is 5.03. The summed E-state index contributed by atoms with van der Waals surface area (Å²) in [5.41, 5.74) is 0. The molecule has 0 aliphatic carbocycles. The van der Waals surface area contributed by atoms with Crippen LogP contribution in [0.3, 0.4) is 0 Å². The summed E-state index contributed by atoms with van der Waals surface area (Å²) in [5, 5.41) is 0. The zero-order chi connectivity index (χ0) is 14.6. The molecule has 0 spiro atoms. The van der Waals surface area contributed by atoms with Crippen molar-refractivity contribution in [3.05, 3.63) is 31.4 Å². The molecule has 0 radical (unpaired) electrons.